The van der Waals surface area contributed by atoms with Crippen molar-refractivity contribution >= 4 is 17.4 Å². The van der Waals surface area contributed by atoms with Crippen LogP contribution in [0.25, 0.3) is 0 Å². The van der Waals surface area contributed by atoms with Gasteiger partial charge in [0.25, 0.3) is 0 Å². The third kappa shape index (κ3) is 2.20. The maximum atomic E-state index is 14.3. The highest BCUT2D eigenvalue weighted by Gasteiger charge is 2.56. The molecular weight excluding hydrogens is 289 g/mol. The average molecular weight is 306 g/mol. The SMILES string of the molecule is C=C1N=C(N)C(C)=CN1[C@@H]1O[C@@](CO)(CCl)[C@@H](O)[C@H]1F. The molecule has 6 nitrogen and oxygen atoms in total. The number of aliphatic hydroxyl groups excluding tert-OH is 2. The summed E-state index contributed by atoms with van der Waals surface area (Å²) in [4.78, 5) is 5.32. The van der Waals surface area contributed by atoms with E-state index < -0.39 is 30.7 Å². The van der Waals surface area contributed by atoms with E-state index in [0.29, 0.717) is 5.57 Å². The van der Waals surface area contributed by atoms with Crippen LogP contribution in [0, 0.1) is 0 Å². The van der Waals surface area contributed by atoms with Gasteiger partial charge in [-0.05, 0) is 6.92 Å². The largest absolute Gasteiger partial charge is 0.393 e. The second-order valence-corrected chi connectivity index (χ2v) is 5.15. The second kappa shape index (κ2) is 5.33. The third-order valence-electron chi connectivity index (χ3n) is 3.52. The fraction of sp³-hybridized carbons (Fsp3) is 0.583. The molecule has 0 aromatic rings. The zero-order valence-electron chi connectivity index (χ0n) is 11.0. The average Bonchev–Trinajstić information content (AvgIpc) is 2.68. The Morgan fingerprint density at radius 3 is 2.85 bits per heavy atom. The molecule has 1 fully saturated rings. The Morgan fingerprint density at radius 2 is 2.35 bits per heavy atom. The van der Waals surface area contributed by atoms with E-state index in [2.05, 4.69) is 11.6 Å². The number of nitrogens with two attached hydrogens (primary N) is 1. The smallest absolute Gasteiger partial charge is 0.174 e. The van der Waals surface area contributed by atoms with E-state index in [1.807, 2.05) is 0 Å². The lowest BCUT2D eigenvalue weighted by molar-refractivity contribution is -0.121. The number of amidine groups is 1. The molecule has 0 aromatic carbocycles. The summed E-state index contributed by atoms with van der Waals surface area (Å²) in [6.45, 7) is 4.79. The maximum absolute atomic E-state index is 14.3. The van der Waals surface area contributed by atoms with Gasteiger partial charge in [0.2, 0.25) is 0 Å². The summed E-state index contributed by atoms with van der Waals surface area (Å²) in [5.74, 6) is 0.234. The first-order chi connectivity index (χ1) is 9.36. The van der Waals surface area contributed by atoms with Crippen LogP contribution in [0.4, 0.5) is 4.39 Å². The molecule has 0 aromatic heterocycles. The van der Waals surface area contributed by atoms with Crippen molar-refractivity contribution in [3.05, 3.63) is 24.2 Å². The molecule has 2 rings (SSSR count). The molecule has 8 heteroatoms. The number of ether oxygens (including phenoxy) is 1. The van der Waals surface area contributed by atoms with E-state index in [9.17, 15) is 14.6 Å². The minimum absolute atomic E-state index is 0.191. The Kier molecular flexibility index (Phi) is 4.06. The molecule has 0 aliphatic carbocycles. The van der Waals surface area contributed by atoms with Gasteiger partial charge < -0.3 is 25.6 Å². The predicted molar refractivity (Wildman–Crippen MR) is 72.7 cm³/mol. The molecule has 0 bridgehead atoms. The van der Waals surface area contributed by atoms with Gasteiger partial charge in [-0.25, -0.2) is 9.38 Å². The second-order valence-electron chi connectivity index (χ2n) is 4.89. The highest BCUT2D eigenvalue weighted by atomic mass is 35.5. The first-order valence-corrected chi connectivity index (χ1v) is 6.56. The molecule has 2 aliphatic heterocycles. The summed E-state index contributed by atoms with van der Waals surface area (Å²) in [5, 5.41) is 19.3. The molecule has 0 saturated carbocycles. The highest BCUT2D eigenvalue weighted by Crippen LogP contribution is 2.37. The van der Waals surface area contributed by atoms with Gasteiger partial charge in [-0.1, -0.05) is 6.58 Å². The first kappa shape index (κ1) is 15.2. The van der Waals surface area contributed by atoms with Gasteiger partial charge in [0.05, 0.1) is 12.5 Å². The monoisotopic (exact) mass is 305 g/mol. The molecule has 4 atom stereocenters. The quantitative estimate of drug-likeness (QED) is 0.641. The van der Waals surface area contributed by atoms with Crippen LogP contribution in [0.3, 0.4) is 0 Å². The lowest BCUT2D eigenvalue weighted by atomic mass is 9.99. The van der Waals surface area contributed by atoms with Crippen molar-refractivity contribution in [2.45, 2.75) is 31.0 Å². The Labute approximate surface area is 121 Å². The summed E-state index contributed by atoms with van der Waals surface area (Å²) in [6, 6.07) is 0. The summed E-state index contributed by atoms with van der Waals surface area (Å²) in [5.41, 5.74) is 4.73. The molecule has 20 heavy (non-hydrogen) atoms. The van der Waals surface area contributed by atoms with E-state index in [0.717, 1.165) is 0 Å². The molecule has 4 N–H and O–H groups in total. The van der Waals surface area contributed by atoms with E-state index in [1.165, 1.54) is 11.1 Å². The molecule has 1 saturated heterocycles. The van der Waals surface area contributed by atoms with Gasteiger partial charge in [-0.2, -0.15) is 0 Å². The lowest BCUT2D eigenvalue weighted by Crippen LogP contribution is -2.47. The van der Waals surface area contributed by atoms with E-state index >= 15 is 0 Å². The number of nitrogens with zero attached hydrogens (tertiary/aromatic N) is 2. The number of aliphatic hydroxyl groups is 2. The molecule has 112 valence electrons. The fourth-order valence-corrected chi connectivity index (χ4v) is 2.48. The van der Waals surface area contributed by atoms with Gasteiger partial charge in [-0.15, -0.1) is 11.6 Å². The Morgan fingerprint density at radius 1 is 1.70 bits per heavy atom. The number of halogens is 2. The van der Waals surface area contributed by atoms with Crippen LogP contribution in [-0.2, 0) is 4.74 Å². The van der Waals surface area contributed by atoms with Crippen molar-refractivity contribution in [2.24, 2.45) is 10.7 Å². The van der Waals surface area contributed by atoms with Crippen molar-refractivity contribution in [2.75, 3.05) is 12.5 Å². The molecule has 0 unspecified atom stereocenters. The molecule has 0 amide bonds. The van der Waals surface area contributed by atoms with Crippen molar-refractivity contribution in [3.63, 3.8) is 0 Å². The molecule has 0 spiro atoms. The van der Waals surface area contributed by atoms with E-state index in [4.69, 9.17) is 22.1 Å². The summed E-state index contributed by atoms with van der Waals surface area (Å²) >= 11 is 5.70. The van der Waals surface area contributed by atoms with Gasteiger partial charge in [0.1, 0.15) is 23.4 Å². The topological polar surface area (TPSA) is 91.3 Å². The number of rotatable bonds is 3. The standard InChI is InChI=1S/C12H17ClFN3O3/c1-6-3-17(7(2)16-10(6)15)11-8(14)9(19)12(4-13,5-18)20-11/h3,8-9,11,18-19H,2,4-5H2,1H3,(H2,15,16)/t8-,9+,11-,12-/m1/s1. The van der Waals surface area contributed by atoms with Crippen LogP contribution in [0.5, 0.6) is 0 Å². The van der Waals surface area contributed by atoms with Crippen LogP contribution in [0.15, 0.2) is 29.2 Å². The lowest BCUT2D eigenvalue weighted by Gasteiger charge is -2.32. The Hall–Kier alpha value is -1.15. The van der Waals surface area contributed by atoms with Crippen LogP contribution < -0.4 is 5.73 Å². The first-order valence-electron chi connectivity index (χ1n) is 6.03. The van der Waals surface area contributed by atoms with Crippen molar-refractivity contribution in [1.82, 2.24) is 4.90 Å². The van der Waals surface area contributed by atoms with Gasteiger partial charge in [-0.3, -0.25) is 0 Å². The molecule has 2 heterocycles. The summed E-state index contributed by atoms with van der Waals surface area (Å²) in [7, 11) is 0. The van der Waals surface area contributed by atoms with Crippen molar-refractivity contribution in [3.8, 4) is 0 Å². The zero-order valence-corrected chi connectivity index (χ0v) is 11.7. The van der Waals surface area contributed by atoms with Gasteiger partial charge >= 0.3 is 0 Å². The normalized spacial score (nSPS) is 38.0. The summed E-state index contributed by atoms with van der Waals surface area (Å²) in [6.07, 6.45) is -2.94. The Bertz CT molecular complexity index is 479. The third-order valence-corrected chi connectivity index (χ3v) is 3.97. The molecular formula is C12H17ClFN3O3. The highest BCUT2D eigenvalue weighted by molar-refractivity contribution is 6.18. The zero-order chi connectivity index (χ0) is 15.1. The van der Waals surface area contributed by atoms with E-state index in [1.54, 1.807) is 6.92 Å². The maximum Gasteiger partial charge on any atom is 0.174 e. The van der Waals surface area contributed by atoms with Crippen LogP contribution in [-0.4, -0.2) is 57.5 Å². The van der Waals surface area contributed by atoms with Crippen molar-refractivity contribution < 1.29 is 19.3 Å². The van der Waals surface area contributed by atoms with Gasteiger partial charge in [0.15, 0.2) is 12.4 Å². The Balaban J connectivity index is 2.29. The molecule has 0 radical (unpaired) electrons. The number of aliphatic imine (C=N–C) groups is 1. The van der Waals surface area contributed by atoms with Crippen LogP contribution in [0.1, 0.15) is 6.92 Å². The minimum Gasteiger partial charge on any atom is -0.393 e. The van der Waals surface area contributed by atoms with E-state index in [-0.39, 0.29) is 17.5 Å². The predicted octanol–water partition coefficient (Wildman–Crippen LogP) is 0.0594. The van der Waals surface area contributed by atoms with Crippen molar-refractivity contribution in [1.29, 1.82) is 0 Å². The number of alkyl halides is 2. The number of hydrogen-bond donors (Lipinski definition) is 3. The number of hydrogen-bond acceptors (Lipinski definition) is 6. The van der Waals surface area contributed by atoms with Crippen LogP contribution in [0.2, 0.25) is 0 Å². The van der Waals surface area contributed by atoms with Crippen LogP contribution >= 0.6 is 11.6 Å². The summed E-state index contributed by atoms with van der Waals surface area (Å²) < 4.78 is 19.8. The molecule has 2 aliphatic rings. The minimum atomic E-state index is -1.77. The fourth-order valence-electron chi connectivity index (χ4n) is 2.17. The van der Waals surface area contributed by atoms with Gasteiger partial charge in [0, 0.05) is 11.8 Å².